The van der Waals surface area contributed by atoms with Gasteiger partial charge in [-0.05, 0) is 30.4 Å². The van der Waals surface area contributed by atoms with Crippen molar-refractivity contribution >= 4 is 21.6 Å². The number of rotatable bonds is 3. The van der Waals surface area contributed by atoms with Crippen molar-refractivity contribution < 1.29 is 17.9 Å². The highest BCUT2D eigenvalue weighted by molar-refractivity contribution is 7.89. The molecule has 1 N–H and O–H groups in total. The predicted molar refractivity (Wildman–Crippen MR) is 79.1 cm³/mol. The number of benzene rings is 1. The zero-order valence-electron chi connectivity index (χ0n) is 12.1. The van der Waals surface area contributed by atoms with Gasteiger partial charge >= 0.3 is 0 Å². The highest BCUT2D eigenvalue weighted by atomic mass is 35.5. The lowest BCUT2D eigenvalue weighted by atomic mass is 9.85. The third-order valence-electron chi connectivity index (χ3n) is 3.75. The molecule has 1 aromatic carbocycles. The van der Waals surface area contributed by atoms with Crippen LogP contribution < -0.4 is 0 Å². The summed E-state index contributed by atoms with van der Waals surface area (Å²) in [5.74, 6) is -0.835. The minimum Gasteiger partial charge on any atom is -0.392 e. The van der Waals surface area contributed by atoms with Crippen LogP contribution in [0.2, 0.25) is 5.02 Å². The molecule has 0 amide bonds. The van der Waals surface area contributed by atoms with Crippen molar-refractivity contribution in [2.24, 2.45) is 5.41 Å². The van der Waals surface area contributed by atoms with E-state index in [0.717, 1.165) is 18.9 Å². The first-order valence-corrected chi connectivity index (χ1v) is 8.58. The Morgan fingerprint density at radius 2 is 2.10 bits per heavy atom. The summed E-state index contributed by atoms with van der Waals surface area (Å²) in [4.78, 5) is -0.161. The van der Waals surface area contributed by atoms with Crippen molar-refractivity contribution in [1.29, 1.82) is 0 Å². The van der Waals surface area contributed by atoms with Gasteiger partial charge in [0.05, 0.1) is 16.5 Å². The van der Waals surface area contributed by atoms with Gasteiger partial charge in [-0.3, -0.25) is 0 Å². The van der Waals surface area contributed by atoms with Crippen LogP contribution in [0.1, 0.15) is 32.3 Å². The molecule has 1 saturated heterocycles. The van der Waals surface area contributed by atoms with E-state index in [1.807, 2.05) is 13.8 Å². The third kappa shape index (κ3) is 3.39. The Morgan fingerprint density at radius 3 is 2.67 bits per heavy atom. The summed E-state index contributed by atoms with van der Waals surface area (Å²) in [6.45, 7) is 4.33. The van der Waals surface area contributed by atoms with E-state index in [-0.39, 0.29) is 20.9 Å². The molecule has 0 bridgehead atoms. The van der Waals surface area contributed by atoms with E-state index < -0.39 is 22.4 Å². The third-order valence-corrected chi connectivity index (χ3v) is 6.00. The average molecular weight is 336 g/mol. The standard InChI is InChI=1S/C14H19ClFNO3S/c1-14(2)4-3-5-17(9-14)21(19,20)11-6-10(8-18)13(15)12(16)7-11/h6-7,18H,3-5,8-9H2,1-2H3. The molecule has 0 saturated carbocycles. The van der Waals surface area contributed by atoms with Crippen LogP contribution in [-0.2, 0) is 16.6 Å². The molecule has 1 heterocycles. The van der Waals surface area contributed by atoms with Gasteiger partial charge in [-0.1, -0.05) is 25.4 Å². The molecule has 0 aliphatic carbocycles. The van der Waals surface area contributed by atoms with Crippen LogP contribution in [0, 0.1) is 11.2 Å². The number of aliphatic hydroxyl groups is 1. The molecule has 4 nitrogen and oxygen atoms in total. The maximum Gasteiger partial charge on any atom is 0.243 e. The van der Waals surface area contributed by atoms with Gasteiger partial charge in [0.1, 0.15) is 5.82 Å². The fourth-order valence-corrected chi connectivity index (χ4v) is 4.51. The smallest absolute Gasteiger partial charge is 0.243 e. The summed E-state index contributed by atoms with van der Waals surface area (Å²) < 4.78 is 40.4. The van der Waals surface area contributed by atoms with E-state index in [1.54, 1.807) is 0 Å². The molecule has 2 rings (SSSR count). The highest BCUT2D eigenvalue weighted by Gasteiger charge is 2.34. The summed E-state index contributed by atoms with van der Waals surface area (Å²) in [5, 5.41) is 8.93. The Labute approximate surface area is 129 Å². The van der Waals surface area contributed by atoms with Crippen molar-refractivity contribution in [2.45, 2.75) is 38.2 Å². The van der Waals surface area contributed by atoms with Crippen LogP contribution >= 0.6 is 11.6 Å². The lowest BCUT2D eigenvalue weighted by Crippen LogP contribution is -2.43. The Bertz CT molecular complexity index is 646. The van der Waals surface area contributed by atoms with Crippen LogP contribution in [0.4, 0.5) is 4.39 Å². The zero-order valence-corrected chi connectivity index (χ0v) is 13.6. The van der Waals surface area contributed by atoms with Crippen molar-refractivity contribution in [2.75, 3.05) is 13.1 Å². The Balaban J connectivity index is 2.42. The van der Waals surface area contributed by atoms with Crippen molar-refractivity contribution in [3.8, 4) is 0 Å². The maximum absolute atomic E-state index is 13.8. The molecule has 0 radical (unpaired) electrons. The van der Waals surface area contributed by atoms with Crippen molar-refractivity contribution in [3.05, 3.63) is 28.5 Å². The number of aliphatic hydroxyl groups excluding tert-OH is 1. The molecule has 21 heavy (non-hydrogen) atoms. The summed E-state index contributed by atoms with van der Waals surface area (Å²) in [5.41, 5.74) is -0.0256. The van der Waals surface area contributed by atoms with Crippen LogP contribution in [-0.4, -0.2) is 30.9 Å². The SMILES string of the molecule is CC1(C)CCCN(S(=O)(=O)c2cc(F)c(Cl)c(CO)c2)C1. The number of halogens is 2. The van der Waals surface area contributed by atoms with Gasteiger partial charge in [-0.2, -0.15) is 4.31 Å². The summed E-state index contributed by atoms with van der Waals surface area (Å²) in [6.07, 6.45) is 1.73. The van der Waals surface area contributed by atoms with Gasteiger partial charge in [0.2, 0.25) is 10.0 Å². The normalized spacial score (nSPS) is 19.7. The van der Waals surface area contributed by atoms with Gasteiger partial charge in [0.25, 0.3) is 0 Å². The monoisotopic (exact) mass is 335 g/mol. The number of nitrogens with zero attached hydrogens (tertiary/aromatic N) is 1. The van der Waals surface area contributed by atoms with Gasteiger partial charge in [0.15, 0.2) is 0 Å². The molecule has 118 valence electrons. The lowest BCUT2D eigenvalue weighted by Gasteiger charge is -2.37. The Kier molecular flexibility index (Phi) is 4.63. The fourth-order valence-electron chi connectivity index (χ4n) is 2.61. The van der Waals surface area contributed by atoms with Crippen LogP contribution in [0.5, 0.6) is 0 Å². The first-order chi connectivity index (χ1) is 9.67. The summed E-state index contributed by atoms with van der Waals surface area (Å²) >= 11 is 5.70. The van der Waals surface area contributed by atoms with E-state index in [9.17, 15) is 12.8 Å². The largest absolute Gasteiger partial charge is 0.392 e. The van der Waals surface area contributed by atoms with E-state index in [0.29, 0.717) is 13.1 Å². The Morgan fingerprint density at radius 1 is 1.43 bits per heavy atom. The van der Waals surface area contributed by atoms with Crippen molar-refractivity contribution in [3.63, 3.8) is 0 Å². The maximum atomic E-state index is 13.8. The summed E-state index contributed by atoms with van der Waals surface area (Å²) in [6, 6.07) is 2.15. The molecule has 1 aliphatic rings. The highest BCUT2D eigenvalue weighted by Crippen LogP contribution is 2.33. The summed E-state index contributed by atoms with van der Waals surface area (Å²) in [7, 11) is -3.78. The second-order valence-corrected chi connectivity index (χ2v) is 8.46. The van der Waals surface area contributed by atoms with Gasteiger partial charge in [0, 0.05) is 18.7 Å². The zero-order chi connectivity index (χ0) is 15.8. The quantitative estimate of drug-likeness (QED) is 0.924. The number of piperidine rings is 1. The molecular formula is C14H19ClFNO3S. The van der Waals surface area contributed by atoms with Crippen LogP contribution in [0.15, 0.2) is 17.0 Å². The number of sulfonamides is 1. The fraction of sp³-hybridized carbons (Fsp3) is 0.571. The van der Waals surface area contributed by atoms with Gasteiger partial charge in [-0.15, -0.1) is 0 Å². The van der Waals surface area contributed by atoms with Crippen LogP contribution in [0.25, 0.3) is 0 Å². The van der Waals surface area contributed by atoms with E-state index in [1.165, 1.54) is 10.4 Å². The second kappa shape index (κ2) is 5.83. The van der Waals surface area contributed by atoms with Gasteiger partial charge in [-0.25, -0.2) is 12.8 Å². The second-order valence-electron chi connectivity index (χ2n) is 6.14. The van der Waals surface area contributed by atoms with Gasteiger partial charge < -0.3 is 5.11 Å². The minimum absolute atomic E-state index is 0.0755. The molecule has 0 atom stereocenters. The molecule has 0 spiro atoms. The molecule has 7 heteroatoms. The first-order valence-electron chi connectivity index (χ1n) is 6.76. The van der Waals surface area contributed by atoms with Crippen molar-refractivity contribution in [1.82, 2.24) is 4.31 Å². The molecular weight excluding hydrogens is 317 g/mol. The van der Waals surface area contributed by atoms with E-state index in [4.69, 9.17) is 16.7 Å². The molecule has 0 aromatic heterocycles. The lowest BCUT2D eigenvalue weighted by molar-refractivity contribution is 0.187. The molecule has 1 fully saturated rings. The van der Waals surface area contributed by atoms with E-state index >= 15 is 0 Å². The first kappa shape index (κ1) is 16.7. The van der Waals surface area contributed by atoms with Crippen LogP contribution in [0.3, 0.4) is 0 Å². The average Bonchev–Trinajstić information content (AvgIpc) is 2.40. The minimum atomic E-state index is -3.78. The van der Waals surface area contributed by atoms with E-state index in [2.05, 4.69) is 0 Å². The topological polar surface area (TPSA) is 57.6 Å². The molecule has 1 aromatic rings. The number of hydrogen-bond acceptors (Lipinski definition) is 3. The molecule has 1 aliphatic heterocycles. The number of hydrogen-bond donors (Lipinski definition) is 1. The Hall–Kier alpha value is -0.690. The predicted octanol–water partition coefficient (Wildman–Crippen LogP) is 2.78. The molecule has 0 unspecified atom stereocenters.